The second kappa shape index (κ2) is 5.42. The molecule has 0 aromatic carbocycles. The van der Waals surface area contributed by atoms with Crippen molar-refractivity contribution < 1.29 is 4.74 Å². The van der Waals surface area contributed by atoms with Gasteiger partial charge in [-0.05, 0) is 30.9 Å². The molecule has 0 fully saturated rings. The topological polar surface area (TPSA) is 9.23 Å². The van der Waals surface area contributed by atoms with Gasteiger partial charge in [-0.25, -0.2) is 0 Å². The Kier molecular flexibility index (Phi) is 4.36. The van der Waals surface area contributed by atoms with Gasteiger partial charge < -0.3 is 4.74 Å². The number of rotatable bonds is 4. The number of hydrogen-bond donors (Lipinski definition) is 0. The first-order valence-electron chi connectivity index (χ1n) is 3.96. The minimum Gasteiger partial charge on any atom is -0.497 e. The quantitative estimate of drug-likeness (QED) is 0.519. The molecule has 1 aliphatic rings. The Morgan fingerprint density at radius 3 is 3.00 bits per heavy atom. The van der Waals surface area contributed by atoms with Crippen molar-refractivity contribution in [3.63, 3.8) is 0 Å². The van der Waals surface area contributed by atoms with Crippen LogP contribution in [-0.4, -0.2) is 11.9 Å². The molecule has 0 radical (unpaired) electrons. The number of allylic oxidation sites excluding steroid dienone is 2. The SMILES string of the molecule is BrCCCCC1=COCC=C1. The second-order valence-electron chi connectivity index (χ2n) is 2.57. The first-order chi connectivity index (χ1) is 5.43. The van der Waals surface area contributed by atoms with E-state index in [0.717, 1.165) is 18.4 Å². The van der Waals surface area contributed by atoms with Crippen molar-refractivity contribution in [2.45, 2.75) is 19.3 Å². The van der Waals surface area contributed by atoms with Crippen molar-refractivity contribution in [2.24, 2.45) is 0 Å². The fourth-order valence-corrected chi connectivity index (χ4v) is 1.41. The van der Waals surface area contributed by atoms with Crippen LogP contribution in [0, 0.1) is 0 Å². The Morgan fingerprint density at radius 2 is 2.36 bits per heavy atom. The summed E-state index contributed by atoms with van der Waals surface area (Å²) in [6.07, 6.45) is 9.70. The highest BCUT2D eigenvalue weighted by molar-refractivity contribution is 9.09. The minimum atomic E-state index is 0.738. The maximum Gasteiger partial charge on any atom is 0.106 e. The summed E-state index contributed by atoms with van der Waals surface area (Å²) in [5.74, 6) is 0. The lowest BCUT2D eigenvalue weighted by Gasteiger charge is -2.06. The Labute approximate surface area is 76.3 Å². The fraction of sp³-hybridized carbons (Fsp3) is 0.556. The average Bonchev–Trinajstić information content (AvgIpc) is 2.07. The van der Waals surface area contributed by atoms with Gasteiger partial charge in [0.15, 0.2) is 0 Å². The van der Waals surface area contributed by atoms with Gasteiger partial charge in [0.25, 0.3) is 0 Å². The van der Waals surface area contributed by atoms with E-state index in [-0.39, 0.29) is 0 Å². The van der Waals surface area contributed by atoms with Crippen LogP contribution in [0.15, 0.2) is 24.0 Å². The van der Waals surface area contributed by atoms with Gasteiger partial charge in [0.1, 0.15) is 6.61 Å². The zero-order valence-electron chi connectivity index (χ0n) is 6.55. The van der Waals surface area contributed by atoms with Gasteiger partial charge in [-0.15, -0.1) is 0 Å². The third-order valence-electron chi connectivity index (χ3n) is 1.61. The van der Waals surface area contributed by atoms with Crippen molar-refractivity contribution in [3.05, 3.63) is 24.0 Å². The van der Waals surface area contributed by atoms with Crippen molar-refractivity contribution in [2.75, 3.05) is 11.9 Å². The molecule has 0 atom stereocenters. The van der Waals surface area contributed by atoms with Gasteiger partial charge >= 0.3 is 0 Å². The smallest absolute Gasteiger partial charge is 0.106 e. The number of alkyl halides is 1. The normalized spacial score (nSPS) is 15.9. The van der Waals surface area contributed by atoms with Crippen LogP contribution >= 0.6 is 15.9 Å². The van der Waals surface area contributed by atoms with Crippen LogP contribution in [0.4, 0.5) is 0 Å². The van der Waals surface area contributed by atoms with Crippen molar-refractivity contribution >= 4 is 15.9 Å². The number of halogens is 1. The standard InChI is InChI=1S/C9H13BrO/c10-6-2-1-4-9-5-3-7-11-8-9/h3,5,8H,1-2,4,6-7H2. The van der Waals surface area contributed by atoms with E-state index in [0.29, 0.717) is 0 Å². The largest absolute Gasteiger partial charge is 0.497 e. The van der Waals surface area contributed by atoms with Gasteiger partial charge in [0, 0.05) is 5.33 Å². The molecule has 0 unspecified atom stereocenters. The molecule has 0 aromatic rings. The average molecular weight is 217 g/mol. The van der Waals surface area contributed by atoms with Gasteiger partial charge in [-0.1, -0.05) is 22.0 Å². The monoisotopic (exact) mass is 216 g/mol. The first kappa shape index (κ1) is 8.85. The third kappa shape index (κ3) is 3.61. The molecule has 0 aromatic heterocycles. The summed E-state index contributed by atoms with van der Waals surface area (Å²) in [6.45, 7) is 0.738. The lowest BCUT2D eigenvalue weighted by molar-refractivity contribution is 0.281. The van der Waals surface area contributed by atoms with E-state index < -0.39 is 0 Å². The molecule has 1 rings (SSSR count). The van der Waals surface area contributed by atoms with Crippen LogP contribution in [0.3, 0.4) is 0 Å². The predicted molar refractivity (Wildman–Crippen MR) is 50.8 cm³/mol. The number of hydrogen-bond acceptors (Lipinski definition) is 1. The second-order valence-corrected chi connectivity index (χ2v) is 3.37. The highest BCUT2D eigenvalue weighted by atomic mass is 79.9. The number of ether oxygens (including phenoxy) is 1. The van der Waals surface area contributed by atoms with Crippen LogP contribution in [-0.2, 0) is 4.74 Å². The fourth-order valence-electron chi connectivity index (χ4n) is 1.02. The molecule has 0 saturated heterocycles. The lowest BCUT2D eigenvalue weighted by atomic mass is 10.1. The van der Waals surface area contributed by atoms with Crippen LogP contribution in [0.1, 0.15) is 19.3 Å². The summed E-state index contributed by atoms with van der Waals surface area (Å²) in [5.41, 5.74) is 1.32. The van der Waals surface area contributed by atoms with Gasteiger partial charge in [0.05, 0.1) is 6.26 Å². The zero-order chi connectivity index (χ0) is 7.94. The summed E-state index contributed by atoms with van der Waals surface area (Å²) in [4.78, 5) is 0. The minimum absolute atomic E-state index is 0.738. The Balaban J connectivity index is 2.15. The summed E-state index contributed by atoms with van der Waals surface area (Å²) in [7, 11) is 0. The van der Waals surface area contributed by atoms with E-state index in [4.69, 9.17) is 4.74 Å². The molecule has 0 N–H and O–H groups in total. The van der Waals surface area contributed by atoms with Crippen molar-refractivity contribution in [1.29, 1.82) is 0 Å². The van der Waals surface area contributed by atoms with E-state index in [2.05, 4.69) is 28.1 Å². The molecule has 11 heavy (non-hydrogen) atoms. The molecule has 0 saturated carbocycles. The van der Waals surface area contributed by atoms with Crippen LogP contribution in [0.25, 0.3) is 0 Å². The van der Waals surface area contributed by atoms with E-state index in [1.54, 1.807) is 0 Å². The summed E-state index contributed by atoms with van der Waals surface area (Å²) >= 11 is 3.41. The van der Waals surface area contributed by atoms with Crippen LogP contribution in [0.5, 0.6) is 0 Å². The van der Waals surface area contributed by atoms with Crippen molar-refractivity contribution in [3.8, 4) is 0 Å². The van der Waals surface area contributed by atoms with Crippen molar-refractivity contribution in [1.82, 2.24) is 0 Å². The molecule has 0 spiro atoms. The van der Waals surface area contributed by atoms with E-state index in [1.807, 2.05) is 6.26 Å². The first-order valence-corrected chi connectivity index (χ1v) is 5.09. The van der Waals surface area contributed by atoms with E-state index >= 15 is 0 Å². The van der Waals surface area contributed by atoms with E-state index in [9.17, 15) is 0 Å². The molecule has 1 nitrogen and oxygen atoms in total. The number of unbranched alkanes of at least 4 members (excludes halogenated alkanes) is 1. The lowest BCUT2D eigenvalue weighted by Crippen LogP contribution is -1.92. The van der Waals surface area contributed by atoms with Crippen LogP contribution < -0.4 is 0 Å². The summed E-state index contributed by atoms with van der Waals surface area (Å²) < 4.78 is 5.15. The zero-order valence-corrected chi connectivity index (χ0v) is 8.14. The van der Waals surface area contributed by atoms with E-state index in [1.165, 1.54) is 18.4 Å². The van der Waals surface area contributed by atoms with Gasteiger partial charge in [0.2, 0.25) is 0 Å². The molecular weight excluding hydrogens is 204 g/mol. The highest BCUT2D eigenvalue weighted by Gasteiger charge is 1.96. The molecule has 0 bridgehead atoms. The third-order valence-corrected chi connectivity index (χ3v) is 2.17. The molecule has 1 heterocycles. The summed E-state index contributed by atoms with van der Waals surface area (Å²) in [5, 5.41) is 1.10. The highest BCUT2D eigenvalue weighted by Crippen LogP contribution is 2.12. The van der Waals surface area contributed by atoms with Crippen LogP contribution in [0.2, 0.25) is 0 Å². The van der Waals surface area contributed by atoms with Gasteiger partial charge in [-0.2, -0.15) is 0 Å². The molecule has 1 aliphatic heterocycles. The summed E-state index contributed by atoms with van der Waals surface area (Å²) in [6, 6.07) is 0. The maximum absolute atomic E-state index is 5.15. The predicted octanol–water partition coefficient (Wildman–Crippen LogP) is 3.02. The molecule has 2 heteroatoms. The molecule has 0 aliphatic carbocycles. The molecule has 62 valence electrons. The molecular formula is C9H13BrO. The molecule has 0 amide bonds. The Hall–Kier alpha value is -0.240. The Bertz CT molecular complexity index is 161. The maximum atomic E-state index is 5.15. The van der Waals surface area contributed by atoms with Gasteiger partial charge in [-0.3, -0.25) is 0 Å². The Morgan fingerprint density at radius 1 is 1.45 bits per heavy atom.